The predicted molar refractivity (Wildman–Crippen MR) is 67.8 cm³/mol. The summed E-state index contributed by atoms with van der Waals surface area (Å²) in [5.41, 5.74) is 5.31. The molecule has 0 aromatic heterocycles. The van der Waals surface area contributed by atoms with Gasteiger partial charge in [-0.2, -0.15) is 0 Å². The number of hydrogen-bond acceptors (Lipinski definition) is 3. The first-order valence-corrected chi connectivity index (χ1v) is 6.01. The lowest BCUT2D eigenvalue weighted by molar-refractivity contribution is -0.121. The maximum atomic E-state index is 13.3. The first-order chi connectivity index (χ1) is 8.63. The van der Waals surface area contributed by atoms with Crippen LogP contribution >= 0.6 is 0 Å². The van der Waals surface area contributed by atoms with Gasteiger partial charge in [-0.05, 0) is 32.0 Å². The van der Waals surface area contributed by atoms with Crippen molar-refractivity contribution in [2.75, 3.05) is 13.1 Å². The van der Waals surface area contributed by atoms with Crippen LogP contribution in [0.15, 0.2) is 24.3 Å². The van der Waals surface area contributed by atoms with Crippen molar-refractivity contribution in [3.63, 3.8) is 0 Å². The van der Waals surface area contributed by atoms with Gasteiger partial charge in [-0.25, -0.2) is 4.39 Å². The quantitative estimate of drug-likeness (QED) is 0.774. The molecule has 0 heterocycles. The van der Waals surface area contributed by atoms with E-state index in [9.17, 15) is 9.18 Å². The van der Waals surface area contributed by atoms with Crippen LogP contribution in [0.1, 0.15) is 19.8 Å². The zero-order chi connectivity index (χ0) is 13.4. The Bertz CT molecular complexity index is 385. The van der Waals surface area contributed by atoms with E-state index in [4.69, 9.17) is 10.5 Å². The Morgan fingerprint density at radius 1 is 1.50 bits per heavy atom. The number of nitrogens with one attached hydrogen (secondary N) is 1. The summed E-state index contributed by atoms with van der Waals surface area (Å²) in [5, 5.41) is 2.72. The van der Waals surface area contributed by atoms with Gasteiger partial charge in [-0.3, -0.25) is 4.79 Å². The van der Waals surface area contributed by atoms with Crippen molar-refractivity contribution in [1.82, 2.24) is 5.32 Å². The fourth-order valence-corrected chi connectivity index (χ4v) is 1.41. The molecule has 0 bridgehead atoms. The van der Waals surface area contributed by atoms with Crippen LogP contribution < -0.4 is 15.8 Å². The Balaban J connectivity index is 2.32. The Labute approximate surface area is 106 Å². The number of para-hydroxylation sites is 1. The van der Waals surface area contributed by atoms with Crippen molar-refractivity contribution in [1.29, 1.82) is 0 Å². The fraction of sp³-hybridized carbons (Fsp3) is 0.462. The van der Waals surface area contributed by atoms with Crippen LogP contribution in [0.25, 0.3) is 0 Å². The highest BCUT2D eigenvalue weighted by molar-refractivity contribution is 5.75. The molecule has 0 saturated heterocycles. The summed E-state index contributed by atoms with van der Waals surface area (Å²) < 4.78 is 18.7. The summed E-state index contributed by atoms with van der Waals surface area (Å²) >= 11 is 0. The molecule has 1 atom stereocenters. The minimum atomic E-state index is -0.404. The summed E-state index contributed by atoms with van der Waals surface area (Å²) in [6.07, 6.45) is 0.779. The van der Waals surface area contributed by atoms with Crippen molar-refractivity contribution in [3.05, 3.63) is 30.1 Å². The first-order valence-electron chi connectivity index (χ1n) is 6.01. The molecule has 5 heteroatoms. The van der Waals surface area contributed by atoms with Crippen LogP contribution in [0.2, 0.25) is 0 Å². The number of amides is 1. The summed E-state index contributed by atoms with van der Waals surface area (Å²) in [5.74, 6) is -0.274. The number of halogens is 1. The van der Waals surface area contributed by atoms with Crippen LogP contribution in [0.5, 0.6) is 5.75 Å². The van der Waals surface area contributed by atoms with Crippen molar-refractivity contribution in [3.8, 4) is 5.75 Å². The molecule has 1 unspecified atom stereocenters. The van der Waals surface area contributed by atoms with E-state index >= 15 is 0 Å². The number of nitrogens with two attached hydrogens (primary N) is 1. The molecule has 100 valence electrons. The largest absolute Gasteiger partial charge is 0.486 e. The molecule has 0 aliphatic heterocycles. The lowest BCUT2D eigenvalue weighted by atomic mass is 10.3. The molecule has 0 radical (unpaired) electrons. The third-order valence-corrected chi connectivity index (χ3v) is 2.36. The normalized spacial score (nSPS) is 11.9. The van der Waals surface area contributed by atoms with Gasteiger partial charge in [-0.1, -0.05) is 12.1 Å². The third-order valence-electron chi connectivity index (χ3n) is 2.36. The minimum absolute atomic E-state index is 0.0653. The SMILES string of the molecule is CC(CNC(=O)CCCN)Oc1ccccc1F. The third kappa shape index (κ3) is 5.14. The van der Waals surface area contributed by atoms with Crippen molar-refractivity contribution in [2.45, 2.75) is 25.9 Å². The molecule has 0 saturated carbocycles. The van der Waals surface area contributed by atoms with Crippen LogP contribution in [-0.2, 0) is 4.79 Å². The highest BCUT2D eigenvalue weighted by Crippen LogP contribution is 2.16. The van der Waals surface area contributed by atoms with Crippen LogP contribution in [-0.4, -0.2) is 25.1 Å². The van der Waals surface area contributed by atoms with E-state index < -0.39 is 5.82 Å². The summed E-state index contributed by atoms with van der Waals surface area (Å²) in [6, 6.07) is 6.19. The van der Waals surface area contributed by atoms with Crippen LogP contribution in [0, 0.1) is 5.82 Å². The molecule has 0 aliphatic carbocycles. The van der Waals surface area contributed by atoms with E-state index in [0.717, 1.165) is 0 Å². The van der Waals surface area contributed by atoms with Gasteiger partial charge in [-0.15, -0.1) is 0 Å². The second kappa shape index (κ2) is 7.66. The molecule has 1 rings (SSSR count). The number of rotatable bonds is 7. The monoisotopic (exact) mass is 254 g/mol. The molecular formula is C13H19FN2O2. The molecular weight excluding hydrogens is 235 g/mol. The number of carbonyl (C=O) groups is 1. The number of hydrogen-bond donors (Lipinski definition) is 2. The van der Waals surface area contributed by atoms with E-state index in [1.54, 1.807) is 25.1 Å². The zero-order valence-corrected chi connectivity index (χ0v) is 10.5. The molecule has 0 fully saturated rings. The van der Waals surface area contributed by atoms with E-state index in [1.807, 2.05) is 0 Å². The first kappa shape index (κ1) is 14.4. The zero-order valence-electron chi connectivity index (χ0n) is 10.5. The van der Waals surface area contributed by atoms with E-state index in [0.29, 0.717) is 25.9 Å². The molecule has 0 aliphatic rings. The van der Waals surface area contributed by atoms with Gasteiger partial charge in [0.15, 0.2) is 11.6 Å². The molecule has 4 nitrogen and oxygen atoms in total. The average molecular weight is 254 g/mol. The van der Waals surface area contributed by atoms with Crippen LogP contribution in [0.3, 0.4) is 0 Å². The van der Waals surface area contributed by atoms with Gasteiger partial charge < -0.3 is 15.8 Å². The minimum Gasteiger partial charge on any atom is -0.486 e. The van der Waals surface area contributed by atoms with Gasteiger partial charge in [0, 0.05) is 6.42 Å². The van der Waals surface area contributed by atoms with E-state index in [2.05, 4.69) is 5.32 Å². The van der Waals surface area contributed by atoms with Gasteiger partial charge >= 0.3 is 0 Å². The average Bonchev–Trinajstić information content (AvgIpc) is 2.36. The Kier molecular flexibility index (Phi) is 6.14. The topological polar surface area (TPSA) is 64.4 Å². The molecule has 1 aromatic carbocycles. The maximum Gasteiger partial charge on any atom is 0.220 e. The smallest absolute Gasteiger partial charge is 0.220 e. The van der Waals surface area contributed by atoms with Gasteiger partial charge in [0.25, 0.3) is 0 Å². The lowest BCUT2D eigenvalue weighted by Gasteiger charge is -2.15. The standard InChI is InChI=1S/C13H19FN2O2/c1-10(9-16-13(17)7-4-8-15)18-12-6-3-2-5-11(12)14/h2-3,5-6,10H,4,7-9,15H2,1H3,(H,16,17). The number of carbonyl (C=O) groups excluding carboxylic acids is 1. The summed E-state index contributed by atoms with van der Waals surface area (Å²) in [6.45, 7) is 2.61. The predicted octanol–water partition coefficient (Wildman–Crippen LogP) is 1.45. The second-order valence-electron chi connectivity index (χ2n) is 4.06. The van der Waals surface area contributed by atoms with Gasteiger partial charge in [0.1, 0.15) is 6.10 Å². The highest BCUT2D eigenvalue weighted by atomic mass is 19.1. The van der Waals surface area contributed by atoms with E-state index in [1.165, 1.54) is 6.07 Å². The van der Waals surface area contributed by atoms with Crippen molar-refractivity contribution < 1.29 is 13.9 Å². The molecule has 0 spiro atoms. The lowest BCUT2D eigenvalue weighted by Crippen LogP contribution is -2.33. The fourth-order valence-electron chi connectivity index (χ4n) is 1.41. The van der Waals surface area contributed by atoms with Crippen molar-refractivity contribution >= 4 is 5.91 Å². The Morgan fingerprint density at radius 2 is 2.22 bits per heavy atom. The van der Waals surface area contributed by atoms with Crippen molar-refractivity contribution in [2.24, 2.45) is 5.73 Å². The molecule has 1 amide bonds. The van der Waals surface area contributed by atoms with Gasteiger partial charge in [0.05, 0.1) is 6.54 Å². The number of benzene rings is 1. The molecule has 18 heavy (non-hydrogen) atoms. The Hall–Kier alpha value is -1.62. The van der Waals surface area contributed by atoms with E-state index in [-0.39, 0.29) is 17.8 Å². The second-order valence-corrected chi connectivity index (χ2v) is 4.06. The Morgan fingerprint density at radius 3 is 2.89 bits per heavy atom. The summed E-state index contributed by atoms with van der Waals surface area (Å²) in [7, 11) is 0. The van der Waals surface area contributed by atoms with Crippen LogP contribution in [0.4, 0.5) is 4.39 Å². The van der Waals surface area contributed by atoms with Gasteiger partial charge in [0.2, 0.25) is 5.91 Å². The maximum absolute atomic E-state index is 13.3. The molecule has 1 aromatic rings. The molecule has 3 N–H and O–H groups in total. The highest BCUT2D eigenvalue weighted by Gasteiger charge is 2.09. The summed E-state index contributed by atoms with van der Waals surface area (Å²) in [4.78, 5) is 11.3. The number of ether oxygens (including phenoxy) is 1.